The number of hydrogen-bond donors (Lipinski definition) is 0. The average Bonchev–Trinajstić information content (AvgIpc) is 2.88. The number of fused-ring (bicyclic) bond motifs is 6. The maximum atomic E-state index is 6.86. The van der Waals surface area contributed by atoms with Crippen molar-refractivity contribution in [3.8, 4) is 5.75 Å². The molecule has 0 aromatic heterocycles. The number of hydrogen-bond acceptors (Lipinski definition) is 1. The number of ether oxygens (including phenoxy) is 1. The summed E-state index contributed by atoms with van der Waals surface area (Å²) in [6, 6.07) is 21.5. The van der Waals surface area contributed by atoms with Gasteiger partial charge in [0.1, 0.15) is 11.4 Å². The van der Waals surface area contributed by atoms with Gasteiger partial charge in [-0.1, -0.05) is 91.1 Å². The monoisotopic (exact) mass is 360 g/mol. The van der Waals surface area contributed by atoms with Gasteiger partial charge in [-0.15, -0.1) is 0 Å². The summed E-state index contributed by atoms with van der Waals surface area (Å²) in [4.78, 5) is 0. The van der Waals surface area contributed by atoms with Crippen LogP contribution in [-0.2, 0) is 6.42 Å². The predicted molar refractivity (Wildman–Crippen MR) is 116 cm³/mol. The average molecular weight is 360 g/mol. The molecule has 1 aliphatic heterocycles. The minimum Gasteiger partial charge on any atom is -0.481 e. The molecule has 2 unspecified atom stereocenters. The summed E-state index contributed by atoms with van der Waals surface area (Å²) in [7, 11) is 0. The molecule has 0 saturated heterocycles. The Balaban J connectivity index is 1.55. The second kappa shape index (κ2) is 5.84. The van der Waals surface area contributed by atoms with E-state index in [0.29, 0.717) is 0 Å². The van der Waals surface area contributed by atoms with Gasteiger partial charge in [0, 0.05) is 17.9 Å². The van der Waals surface area contributed by atoms with Gasteiger partial charge in [-0.05, 0) is 39.6 Å². The predicted octanol–water partition coefficient (Wildman–Crippen LogP) is 6.37. The van der Waals surface area contributed by atoms with Crippen LogP contribution in [0.5, 0.6) is 5.75 Å². The van der Waals surface area contributed by atoms with E-state index in [9.17, 15) is 0 Å². The molecule has 0 bridgehead atoms. The quantitative estimate of drug-likeness (QED) is 0.453. The zero-order chi connectivity index (χ0) is 18.6. The minimum atomic E-state index is -0.408. The lowest BCUT2D eigenvalue weighted by Crippen LogP contribution is -2.45. The Hall–Kier alpha value is -3.32. The van der Waals surface area contributed by atoms with Crippen LogP contribution in [0, 0.1) is 5.92 Å². The van der Waals surface area contributed by atoms with Crippen LogP contribution in [0.3, 0.4) is 0 Å². The lowest BCUT2D eigenvalue weighted by atomic mass is 9.76. The number of allylic oxidation sites excluding steroid dienone is 3. The topological polar surface area (TPSA) is 9.23 Å². The highest BCUT2D eigenvalue weighted by molar-refractivity contribution is 5.93. The lowest BCUT2D eigenvalue weighted by molar-refractivity contribution is 0.0890. The minimum absolute atomic E-state index is 0.195. The van der Waals surface area contributed by atoms with Crippen LogP contribution in [0.1, 0.15) is 16.7 Å². The van der Waals surface area contributed by atoms with E-state index in [-0.39, 0.29) is 5.92 Å². The van der Waals surface area contributed by atoms with Crippen molar-refractivity contribution in [2.75, 3.05) is 0 Å². The van der Waals surface area contributed by atoms with E-state index in [1.54, 1.807) is 0 Å². The van der Waals surface area contributed by atoms with E-state index in [2.05, 4.69) is 103 Å². The fraction of sp³-hybridized carbons (Fsp3) is 0.111. The van der Waals surface area contributed by atoms with Gasteiger partial charge in [-0.25, -0.2) is 0 Å². The Bertz CT molecular complexity index is 1220. The Kier molecular flexibility index (Phi) is 3.28. The van der Waals surface area contributed by atoms with Gasteiger partial charge >= 0.3 is 0 Å². The van der Waals surface area contributed by atoms with Crippen LogP contribution in [-0.4, -0.2) is 5.60 Å². The van der Waals surface area contributed by atoms with Crippen molar-refractivity contribution in [1.29, 1.82) is 0 Å². The van der Waals surface area contributed by atoms with Crippen molar-refractivity contribution in [3.63, 3.8) is 0 Å². The first-order valence-electron chi connectivity index (χ1n) is 9.87. The molecule has 6 rings (SSSR count). The van der Waals surface area contributed by atoms with E-state index in [1.165, 1.54) is 33.0 Å². The molecular formula is C27H20O. The summed E-state index contributed by atoms with van der Waals surface area (Å²) in [5.74, 6) is 1.17. The first-order chi connectivity index (χ1) is 13.8. The molecule has 2 aliphatic carbocycles. The van der Waals surface area contributed by atoms with Crippen LogP contribution in [0.15, 0.2) is 96.6 Å². The number of rotatable bonds is 0. The third kappa shape index (κ3) is 2.26. The molecule has 0 saturated carbocycles. The fourth-order valence-electron chi connectivity index (χ4n) is 4.82. The lowest BCUT2D eigenvalue weighted by Gasteiger charge is -2.41. The first kappa shape index (κ1) is 15.7. The normalized spacial score (nSPS) is 24.1. The molecular weight excluding hydrogens is 340 g/mol. The molecule has 0 amide bonds. The zero-order valence-corrected chi connectivity index (χ0v) is 15.5. The highest BCUT2D eigenvalue weighted by atomic mass is 16.5. The molecule has 0 radical (unpaired) electrons. The van der Waals surface area contributed by atoms with Crippen molar-refractivity contribution in [3.05, 3.63) is 113 Å². The van der Waals surface area contributed by atoms with Gasteiger partial charge in [0.05, 0.1) is 0 Å². The fourth-order valence-corrected chi connectivity index (χ4v) is 4.82. The molecule has 1 nitrogen and oxygen atoms in total. The molecule has 3 aliphatic rings. The molecule has 2 atom stereocenters. The van der Waals surface area contributed by atoms with Gasteiger partial charge in [0.15, 0.2) is 0 Å². The maximum absolute atomic E-state index is 6.86. The third-order valence-electron chi connectivity index (χ3n) is 6.20. The van der Waals surface area contributed by atoms with Gasteiger partial charge in [0.25, 0.3) is 0 Å². The molecule has 3 aromatic rings. The Labute approximate surface area is 165 Å². The van der Waals surface area contributed by atoms with Gasteiger partial charge in [-0.3, -0.25) is 0 Å². The molecule has 1 heteroatoms. The molecule has 28 heavy (non-hydrogen) atoms. The van der Waals surface area contributed by atoms with Crippen LogP contribution in [0.25, 0.3) is 22.9 Å². The molecule has 0 fully saturated rings. The Morgan fingerprint density at radius 2 is 1.75 bits per heavy atom. The van der Waals surface area contributed by atoms with Crippen LogP contribution >= 0.6 is 0 Å². The van der Waals surface area contributed by atoms with Crippen LogP contribution in [0.2, 0.25) is 0 Å². The first-order valence-corrected chi connectivity index (χ1v) is 9.87. The summed E-state index contributed by atoms with van der Waals surface area (Å²) in [5, 5.41) is 2.49. The van der Waals surface area contributed by atoms with Gasteiger partial charge in [0.2, 0.25) is 0 Å². The van der Waals surface area contributed by atoms with Gasteiger partial charge in [-0.2, -0.15) is 0 Å². The Morgan fingerprint density at radius 1 is 0.857 bits per heavy atom. The summed E-state index contributed by atoms with van der Waals surface area (Å²) in [5.41, 5.74) is 4.71. The van der Waals surface area contributed by atoms with E-state index in [0.717, 1.165) is 12.2 Å². The van der Waals surface area contributed by atoms with E-state index in [1.807, 2.05) is 0 Å². The van der Waals surface area contributed by atoms with Crippen molar-refractivity contribution >= 4 is 22.9 Å². The molecule has 1 spiro atoms. The smallest absolute Gasteiger partial charge is 0.142 e. The molecule has 3 aromatic carbocycles. The van der Waals surface area contributed by atoms with Crippen molar-refractivity contribution < 1.29 is 4.74 Å². The summed E-state index contributed by atoms with van der Waals surface area (Å²) >= 11 is 0. The number of benzene rings is 3. The molecule has 0 N–H and O–H groups in total. The van der Waals surface area contributed by atoms with Crippen molar-refractivity contribution in [2.24, 2.45) is 5.92 Å². The molecule has 134 valence electrons. The zero-order valence-electron chi connectivity index (χ0n) is 15.5. The summed E-state index contributed by atoms with van der Waals surface area (Å²) in [6.45, 7) is 0. The summed E-state index contributed by atoms with van der Waals surface area (Å²) in [6.07, 6.45) is 16.5. The van der Waals surface area contributed by atoms with E-state index >= 15 is 0 Å². The third-order valence-corrected chi connectivity index (χ3v) is 6.20. The van der Waals surface area contributed by atoms with E-state index < -0.39 is 5.60 Å². The largest absolute Gasteiger partial charge is 0.481 e. The van der Waals surface area contributed by atoms with Crippen LogP contribution < -0.4 is 4.74 Å². The highest BCUT2D eigenvalue weighted by Gasteiger charge is 2.43. The SMILES string of the molecule is C1=CC2=Cc3ccccc3CC3(C=Cc4c(ccc5ccccc45)O3)C2C=C1. The van der Waals surface area contributed by atoms with Crippen molar-refractivity contribution in [2.45, 2.75) is 12.0 Å². The van der Waals surface area contributed by atoms with E-state index in [4.69, 9.17) is 4.74 Å². The standard InChI is InChI=1S/C27H20O/c1-2-10-22-18-27(25-12-6-4-9-21(25)17-20(22)8-1)16-15-24-23-11-5-3-7-19(23)13-14-26(24)28-27/h1-17,25H,18H2. The van der Waals surface area contributed by atoms with Crippen molar-refractivity contribution in [1.82, 2.24) is 0 Å². The Morgan fingerprint density at radius 3 is 2.75 bits per heavy atom. The summed E-state index contributed by atoms with van der Waals surface area (Å²) < 4.78 is 6.86. The highest BCUT2D eigenvalue weighted by Crippen LogP contribution is 2.46. The molecule has 1 heterocycles. The second-order valence-electron chi connectivity index (χ2n) is 7.83. The van der Waals surface area contributed by atoms with Crippen LogP contribution in [0.4, 0.5) is 0 Å². The van der Waals surface area contributed by atoms with Gasteiger partial charge < -0.3 is 4.74 Å². The maximum Gasteiger partial charge on any atom is 0.142 e. The second-order valence-corrected chi connectivity index (χ2v) is 7.83.